The van der Waals surface area contributed by atoms with E-state index in [0.717, 1.165) is 32.0 Å². The average molecular weight is 381 g/mol. The maximum atomic E-state index is 12.8. The molecule has 1 aliphatic heterocycles. The molecule has 0 amide bonds. The van der Waals surface area contributed by atoms with Crippen LogP contribution in [0.3, 0.4) is 0 Å². The van der Waals surface area contributed by atoms with Crippen molar-refractivity contribution >= 4 is 0 Å². The van der Waals surface area contributed by atoms with Crippen LogP contribution in [0.4, 0.5) is 13.2 Å². The summed E-state index contributed by atoms with van der Waals surface area (Å²) >= 11 is 0. The zero-order valence-electron chi connectivity index (χ0n) is 15.2. The van der Waals surface area contributed by atoms with Gasteiger partial charge in [-0.3, -0.25) is 0 Å². The summed E-state index contributed by atoms with van der Waals surface area (Å²) in [6.07, 6.45) is -3.39. The normalized spacial score (nSPS) is 19.9. The van der Waals surface area contributed by atoms with Gasteiger partial charge in [-0.1, -0.05) is 0 Å². The minimum Gasteiger partial charge on any atom is -0.507 e. The molecule has 2 aromatic rings. The largest absolute Gasteiger partial charge is 0.507 e. The molecule has 0 saturated carbocycles. The molecule has 0 bridgehead atoms. The van der Waals surface area contributed by atoms with Gasteiger partial charge in [-0.25, -0.2) is 0 Å². The van der Waals surface area contributed by atoms with E-state index >= 15 is 0 Å². The predicted octanol–water partition coefficient (Wildman–Crippen LogP) is 3.55. The Kier molecular flexibility index (Phi) is 5.39. The first-order valence-electron chi connectivity index (χ1n) is 8.78. The van der Waals surface area contributed by atoms with Crippen molar-refractivity contribution in [3.8, 4) is 17.0 Å². The number of benzene rings is 1. The van der Waals surface area contributed by atoms with Crippen molar-refractivity contribution in [1.82, 2.24) is 15.1 Å². The molecule has 8 heteroatoms. The summed E-state index contributed by atoms with van der Waals surface area (Å²) in [5, 5.41) is 28.8. The number of phenols is 1. The van der Waals surface area contributed by atoms with E-state index in [-0.39, 0.29) is 17.2 Å². The van der Waals surface area contributed by atoms with Crippen LogP contribution in [0.5, 0.6) is 5.75 Å². The molecule has 0 radical (unpaired) electrons. The van der Waals surface area contributed by atoms with E-state index in [0.29, 0.717) is 17.3 Å². The molecule has 5 nitrogen and oxygen atoms in total. The maximum absolute atomic E-state index is 12.8. The molecule has 0 unspecified atom stereocenters. The van der Waals surface area contributed by atoms with Gasteiger partial charge in [0.1, 0.15) is 11.9 Å². The quantitative estimate of drug-likeness (QED) is 0.851. The van der Waals surface area contributed by atoms with Gasteiger partial charge < -0.3 is 15.1 Å². The van der Waals surface area contributed by atoms with Crippen molar-refractivity contribution in [3.63, 3.8) is 0 Å². The highest BCUT2D eigenvalue weighted by Crippen LogP contribution is 2.37. The van der Waals surface area contributed by atoms with Gasteiger partial charge in [-0.2, -0.15) is 18.3 Å². The molecule has 1 aromatic heterocycles. The van der Waals surface area contributed by atoms with Crippen LogP contribution in [0.15, 0.2) is 24.3 Å². The van der Waals surface area contributed by atoms with E-state index in [1.165, 1.54) is 6.07 Å². The number of hydrogen-bond acceptors (Lipinski definition) is 5. The Bertz CT molecular complexity index is 826. The number of piperidine rings is 1. The number of aromatic nitrogens is 2. The van der Waals surface area contributed by atoms with Gasteiger partial charge in [0.2, 0.25) is 0 Å². The first kappa shape index (κ1) is 19.6. The Morgan fingerprint density at radius 2 is 1.96 bits per heavy atom. The second kappa shape index (κ2) is 7.44. The summed E-state index contributed by atoms with van der Waals surface area (Å²) in [6, 6.07) is 4.44. The Labute approximate surface area is 155 Å². The van der Waals surface area contributed by atoms with Crippen LogP contribution in [0.25, 0.3) is 11.3 Å². The Balaban J connectivity index is 1.87. The summed E-state index contributed by atoms with van der Waals surface area (Å²) in [6.45, 7) is 3.49. The standard InChI is InChI=1S/C19H22F3N3O2/c1-11-8-15(18(27)12-4-3-7-25(2)10-12)23-24-17(11)14-6-5-13(9-16(14)26)19(20,21)22/h5-6,8-9,12,18,26-27H,3-4,7,10H2,1-2H3/t12-,18+/m0/s1. The summed E-state index contributed by atoms with van der Waals surface area (Å²) in [7, 11) is 2.01. The summed E-state index contributed by atoms with van der Waals surface area (Å²) in [5.41, 5.74) is 0.591. The van der Waals surface area contributed by atoms with Crippen LogP contribution < -0.4 is 0 Å². The molecular formula is C19H22F3N3O2. The highest BCUT2D eigenvalue weighted by molar-refractivity contribution is 5.69. The second-order valence-electron chi connectivity index (χ2n) is 7.14. The van der Waals surface area contributed by atoms with E-state index < -0.39 is 23.6 Å². The van der Waals surface area contributed by atoms with Gasteiger partial charge in [0.05, 0.1) is 17.0 Å². The molecule has 0 aliphatic carbocycles. The van der Waals surface area contributed by atoms with Crippen molar-refractivity contribution in [2.24, 2.45) is 5.92 Å². The third kappa shape index (κ3) is 4.22. The Hall–Kier alpha value is -2.19. The first-order valence-corrected chi connectivity index (χ1v) is 8.78. The second-order valence-corrected chi connectivity index (χ2v) is 7.14. The minimum absolute atomic E-state index is 0.0581. The number of halogens is 3. The summed E-state index contributed by atoms with van der Waals surface area (Å²) in [5.74, 6) is -0.452. The number of aliphatic hydroxyl groups is 1. The van der Waals surface area contributed by atoms with Crippen molar-refractivity contribution in [3.05, 3.63) is 41.1 Å². The van der Waals surface area contributed by atoms with Gasteiger partial charge in [-0.05, 0) is 63.2 Å². The zero-order chi connectivity index (χ0) is 19.8. The molecule has 3 rings (SSSR count). The Morgan fingerprint density at radius 1 is 1.22 bits per heavy atom. The molecular weight excluding hydrogens is 359 g/mol. The van der Waals surface area contributed by atoms with Gasteiger partial charge in [0.15, 0.2) is 0 Å². The lowest BCUT2D eigenvalue weighted by atomic mass is 9.90. The molecule has 146 valence electrons. The van der Waals surface area contributed by atoms with Crippen LogP contribution in [-0.4, -0.2) is 45.4 Å². The van der Waals surface area contributed by atoms with Gasteiger partial charge in [0.25, 0.3) is 0 Å². The monoisotopic (exact) mass is 381 g/mol. The highest BCUT2D eigenvalue weighted by Gasteiger charge is 2.31. The number of aryl methyl sites for hydroxylation is 1. The van der Waals surface area contributed by atoms with Gasteiger partial charge in [0, 0.05) is 18.0 Å². The number of aromatic hydroxyl groups is 1. The van der Waals surface area contributed by atoms with Gasteiger partial charge >= 0.3 is 6.18 Å². The summed E-state index contributed by atoms with van der Waals surface area (Å²) in [4.78, 5) is 2.16. The fraction of sp³-hybridized carbons (Fsp3) is 0.474. The van der Waals surface area contributed by atoms with Crippen molar-refractivity contribution in [2.75, 3.05) is 20.1 Å². The minimum atomic E-state index is -4.53. The fourth-order valence-electron chi connectivity index (χ4n) is 3.53. The first-order chi connectivity index (χ1) is 12.7. The lowest BCUT2D eigenvalue weighted by Gasteiger charge is -2.32. The number of nitrogens with zero attached hydrogens (tertiary/aromatic N) is 3. The lowest BCUT2D eigenvalue weighted by Crippen LogP contribution is -2.35. The van der Waals surface area contributed by atoms with E-state index in [2.05, 4.69) is 15.1 Å². The van der Waals surface area contributed by atoms with Crippen LogP contribution in [0.1, 0.15) is 35.8 Å². The SMILES string of the molecule is Cc1cc([C@H](O)[C@H]2CCCN(C)C2)nnc1-c1ccc(C(F)(F)F)cc1O. The molecule has 27 heavy (non-hydrogen) atoms. The van der Waals surface area contributed by atoms with E-state index in [1.54, 1.807) is 13.0 Å². The molecule has 1 aliphatic rings. The number of aliphatic hydroxyl groups excluding tert-OH is 1. The number of rotatable bonds is 3. The van der Waals surface area contributed by atoms with Crippen LogP contribution in [0.2, 0.25) is 0 Å². The topological polar surface area (TPSA) is 69.5 Å². The Morgan fingerprint density at radius 3 is 2.56 bits per heavy atom. The van der Waals surface area contributed by atoms with E-state index in [9.17, 15) is 23.4 Å². The fourth-order valence-corrected chi connectivity index (χ4v) is 3.53. The maximum Gasteiger partial charge on any atom is 0.416 e. The third-order valence-electron chi connectivity index (χ3n) is 4.99. The van der Waals surface area contributed by atoms with Crippen molar-refractivity contribution in [1.29, 1.82) is 0 Å². The summed E-state index contributed by atoms with van der Waals surface area (Å²) < 4.78 is 38.3. The third-order valence-corrected chi connectivity index (χ3v) is 4.99. The van der Waals surface area contributed by atoms with E-state index in [1.807, 2.05) is 7.05 Å². The number of hydrogen-bond donors (Lipinski definition) is 2. The number of alkyl halides is 3. The predicted molar refractivity (Wildman–Crippen MR) is 94.1 cm³/mol. The van der Waals surface area contributed by atoms with Gasteiger partial charge in [-0.15, -0.1) is 5.10 Å². The molecule has 1 saturated heterocycles. The lowest BCUT2D eigenvalue weighted by molar-refractivity contribution is -0.137. The number of likely N-dealkylation sites (tertiary alicyclic amines) is 1. The number of phenolic OH excluding ortho intramolecular Hbond substituents is 1. The average Bonchev–Trinajstić information content (AvgIpc) is 2.60. The highest BCUT2D eigenvalue weighted by atomic mass is 19.4. The molecule has 2 heterocycles. The molecule has 1 aromatic carbocycles. The molecule has 2 N–H and O–H groups in total. The van der Waals surface area contributed by atoms with Crippen LogP contribution in [-0.2, 0) is 6.18 Å². The molecule has 0 spiro atoms. The smallest absolute Gasteiger partial charge is 0.416 e. The van der Waals surface area contributed by atoms with Crippen LogP contribution >= 0.6 is 0 Å². The van der Waals surface area contributed by atoms with E-state index in [4.69, 9.17) is 0 Å². The molecule has 1 fully saturated rings. The van der Waals surface area contributed by atoms with Crippen LogP contribution in [0, 0.1) is 12.8 Å². The van der Waals surface area contributed by atoms with Crippen molar-refractivity contribution in [2.45, 2.75) is 32.0 Å². The molecule has 2 atom stereocenters. The zero-order valence-corrected chi connectivity index (χ0v) is 15.2. The van der Waals surface area contributed by atoms with Crippen molar-refractivity contribution < 1.29 is 23.4 Å².